The van der Waals surface area contributed by atoms with Gasteiger partial charge in [-0.2, -0.15) is 0 Å². The molecule has 0 radical (unpaired) electrons. The number of rotatable bonds is 7. The molecule has 0 aliphatic carbocycles. The van der Waals surface area contributed by atoms with E-state index in [1.54, 1.807) is 33.5 Å². The Labute approximate surface area is 147 Å². The Hall–Kier alpha value is -2.25. The van der Waals surface area contributed by atoms with Crippen LogP contribution >= 0.6 is 12.4 Å². The summed E-state index contributed by atoms with van der Waals surface area (Å²) in [6.07, 6.45) is 3.54. The number of imidazole rings is 1. The average Bonchev–Trinajstić information content (AvgIpc) is 2.98. The summed E-state index contributed by atoms with van der Waals surface area (Å²) in [7, 11) is 6.79. The number of hydrogen-bond donors (Lipinski definition) is 2. The number of aromatic nitrogens is 2. The van der Waals surface area contributed by atoms with Crippen molar-refractivity contribution in [2.75, 3.05) is 27.8 Å². The zero-order chi connectivity index (χ0) is 16.8. The monoisotopic (exact) mass is 354 g/mol. The number of nitrogens with one attached hydrogen (secondary N) is 2. The van der Waals surface area contributed by atoms with Gasteiger partial charge in [0.15, 0.2) is 0 Å². The number of aryl methyl sites for hydroxylation is 1. The lowest BCUT2D eigenvalue weighted by Crippen LogP contribution is -2.36. The second kappa shape index (κ2) is 9.14. The summed E-state index contributed by atoms with van der Waals surface area (Å²) in [5.74, 6) is 1.91. The van der Waals surface area contributed by atoms with Crippen LogP contribution in [0.4, 0.5) is 0 Å². The van der Waals surface area contributed by atoms with Crippen molar-refractivity contribution in [3.05, 3.63) is 42.0 Å². The Kier molecular flexibility index (Phi) is 7.54. The molecule has 24 heavy (non-hydrogen) atoms. The molecule has 1 aromatic carbocycles. The number of halogens is 1. The predicted octanol–water partition coefficient (Wildman–Crippen LogP) is 1.28. The van der Waals surface area contributed by atoms with E-state index < -0.39 is 6.04 Å². The lowest BCUT2D eigenvalue weighted by Gasteiger charge is -2.20. The summed E-state index contributed by atoms with van der Waals surface area (Å²) in [6.45, 7) is 0.224. The first-order chi connectivity index (χ1) is 11.1. The largest absolute Gasteiger partial charge is 0.497 e. The van der Waals surface area contributed by atoms with Gasteiger partial charge in [0.05, 0.1) is 20.8 Å². The lowest BCUT2D eigenvalue weighted by atomic mass is 10.0. The molecule has 1 aromatic heterocycles. The highest BCUT2D eigenvalue weighted by atomic mass is 35.5. The van der Waals surface area contributed by atoms with E-state index in [0.29, 0.717) is 11.5 Å². The number of amides is 1. The summed E-state index contributed by atoms with van der Waals surface area (Å²) in [4.78, 5) is 16.4. The van der Waals surface area contributed by atoms with Crippen molar-refractivity contribution >= 4 is 18.3 Å². The van der Waals surface area contributed by atoms with E-state index in [1.165, 1.54) is 0 Å². The van der Waals surface area contributed by atoms with Crippen LogP contribution in [0.25, 0.3) is 0 Å². The van der Waals surface area contributed by atoms with Crippen molar-refractivity contribution in [1.29, 1.82) is 0 Å². The Morgan fingerprint density at radius 2 is 1.88 bits per heavy atom. The highest BCUT2D eigenvalue weighted by Crippen LogP contribution is 2.29. The summed E-state index contributed by atoms with van der Waals surface area (Å²) in [5.41, 5.74) is 0.833. The SMILES string of the molecule is CNCC(=O)NC(c1cc(OC)cc(OC)c1)c1nccn1C.Cl. The van der Waals surface area contributed by atoms with Crippen LogP contribution in [0, 0.1) is 0 Å². The number of nitrogens with zero attached hydrogens (tertiary/aromatic N) is 2. The van der Waals surface area contributed by atoms with Gasteiger partial charge in [-0.05, 0) is 24.7 Å². The Morgan fingerprint density at radius 3 is 2.33 bits per heavy atom. The van der Waals surface area contributed by atoms with Gasteiger partial charge in [-0.3, -0.25) is 4.79 Å². The molecule has 0 bridgehead atoms. The molecule has 132 valence electrons. The minimum Gasteiger partial charge on any atom is -0.497 e. The Balaban J connectivity index is 0.00000288. The topological polar surface area (TPSA) is 77.4 Å². The van der Waals surface area contributed by atoms with Gasteiger partial charge in [0.25, 0.3) is 0 Å². The van der Waals surface area contributed by atoms with Crippen LogP contribution in [0.15, 0.2) is 30.6 Å². The van der Waals surface area contributed by atoms with E-state index in [0.717, 1.165) is 11.4 Å². The summed E-state index contributed by atoms with van der Waals surface area (Å²) in [5, 5.41) is 5.82. The zero-order valence-corrected chi connectivity index (χ0v) is 15.0. The summed E-state index contributed by atoms with van der Waals surface area (Å²) >= 11 is 0. The number of likely N-dealkylation sites (N-methyl/N-ethyl adjacent to an activating group) is 1. The second-order valence-electron chi connectivity index (χ2n) is 5.07. The van der Waals surface area contributed by atoms with Crippen LogP contribution in [0.3, 0.4) is 0 Å². The maximum absolute atomic E-state index is 12.1. The molecule has 2 rings (SSSR count). The van der Waals surface area contributed by atoms with E-state index in [-0.39, 0.29) is 24.9 Å². The normalized spacial score (nSPS) is 11.3. The molecule has 7 nitrogen and oxygen atoms in total. The second-order valence-corrected chi connectivity index (χ2v) is 5.07. The molecular formula is C16H23ClN4O3. The maximum Gasteiger partial charge on any atom is 0.234 e. The molecule has 1 heterocycles. The van der Waals surface area contributed by atoms with Gasteiger partial charge in [-0.15, -0.1) is 12.4 Å². The molecular weight excluding hydrogens is 332 g/mol. The number of hydrogen-bond acceptors (Lipinski definition) is 5. The van der Waals surface area contributed by atoms with E-state index >= 15 is 0 Å². The molecule has 1 amide bonds. The lowest BCUT2D eigenvalue weighted by molar-refractivity contribution is -0.120. The van der Waals surface area contributed by atoms with Crippen molar-refractivity contribution in [3.8, 4) is 11.5 Å². The van der Waals surface area contributed by atoms with Crippen molar-refractivity contribution in [2.45, 2.75) is 6.04 Å². The van der Waals surface area contributed by atoms with Gasteiger partial charge in [-0.1, -0.05) is 0 Å². The van der Waals surface area contributed by atoms with Crippen LogP contribution in [-0.2, 0) is 11.8 Å². The number of carbonyl (C=O) groups is 1. The van der Waals surface area contributed by atoms with E-state index in [9.17, 15) is 4.79 Å². The third-order valence-corrected chi connectivity index (χ3v) is 3.47. The number of methoxy groups -OCH3 is 2. The highest BCUT2D eigenvalue weighted by Gasteiger charge is 2.22. The first kappa shape index (κ1) is 19.8. The molecule has 0 saturated heterocycles. The molecule has 0 spiro atoms. The molecule has 1 atom stereocenters. The van der Waals surface area contributed by atoms with Gasteiger partial charge in [-0.25, -0.2) is 4.98 Å². The molecule has 0 aliphatic rings. The minimum absolute atomic E-state index is 0. The fourth-order valence-corrected chi connectivity index (χ4v) is 2.32. The Morgan fingerprint density at radius 1 is 1.25 bits per heavy atom. The molecule has 0 saturated carbocycles. The molecule has 2 N–H and O–H groups in total. The quantitative estimate of drug-likeness (QED) is 0.783. The van der Waals surface area contributed by atoms with Gasteiger partial charge < -0.3 is 24.7 Å². The smallest absolute Gasteiger partial charge is 0.234 e. The van der Waals surface area contributed by atoms with Crippen LogP contribution in [0.2, 0.25) is 0 Å². The van der Waals surface area contributed by atoms with Crippen molar-refractivity contribution in [1.82, 2.24) is 20.2 Å². The van der Waals surface area contributed by atoms with Gasteiger partial charge in [0.1, 0.15) is 23.4 Å². The highest BCUT2D eigenvalue weighted by molar-refractivity contribution is 5.85. The summed E-state index contributed by atoms with van der Waals surface area (Å²) < 4.78 is 12.5. The predicted molar refractivity (Wildman–Crippen MR) is 93.9 cm³/mol. The van der Waals surface area contributed by atoms with Crippen molar-refractivity contribution in [2.24, 2.45) is 7.05 Å². The first-order valence-corrected chi connectivity index (χ1v) is 7.23. The van der Waals surface area contributed by atoms with Crippen LogP contribution < -0.4 is 20.1 Å². The Bertz CT molecular complexity index is 653. The van der Waals surface area contributed by atoms with Crippen molar-refractivity contribution in [3.63, 3.8) is 0 Å². The first-order valence-electron chi connectivity index (χ1n) is 7.23. The minimum atomic E-state index is -0.403. The fraction of sp³-hybridized carbons (Fsp3) is 0.375. The maximum atomic E-state index is 12.1. The fourth-order valence-electron chi connectivity index (χ4n) is 2.32. The third-order valence-electron chi connectivity index (χ3n) is 3.47. The van der Waals surface area contributed by atoms with Gasteiger partial charge in [0.2, 0.25) is 5.91 Å². The van der Waals surface area contributed by atoms with Crippen LogP contribution in [0.5, 0.6) is 11.5 Å². The van der Waals surface area contributed by atoms with E-state index in [4.69, 9.17) is 9.47 Å². The molecule has 2 aromatic rings. The standard InChI is InChI=1S/C16H22N4O3.ClH/c1-17-10-14(21)19-15(16-18-5-6-20(16)2)11-7-12(22-3)9-13(8-11)23-4;/h5-9,15,17H,10H2,1-4H3,(H,19,21);1H. The third kappa shape index (κ3) is 4.62. The molecule has 8 heteroatoms. The number of ether oxygens (including phenoxy) is 2. The van der Waals surface area contributed by atoms with Crippen LogP contribution in [0.1, 0.15) is 17.4 Å². The van der Waals surface area contributed by atoms with Gasteiger partial charge in [0, 0.05) is 25.5 Å². The van der Waals surface area contributed by atoms with Gasteiger partial charge >= 0.3 is 0 Å². The average molecular weight is 355 g/mol. The molecule has 0 aliphatic heterocycles. The van der Waals surface area contributed by atoms with E-state index in [1.807, 2.05) is 29.9 Å². The number of benzene rings is 1. The zero-order valence-electron chi connectivity index (χ0n) is 14.2. The number of carbonyl (C=O) groups excluding carboxylic acids is 1. The summed E-state index contributed by atoms with van der Waals surface area (Å²) in [6, 6.07) is 5.11. The van der Waals surface area contributed by atoms with Crippen LogP contribution in [-0.4, -0.2) is 43.3 Å². The van der Waals surface area contributed by atoms with Crippen molar-refractivity contribution < 1.29 is 14.3 Å². The molecule has 1 unspecified atom stereocenters. The molecule has 0 fully saturated rings. The van der Waals surface area contributed by atoms with E-state index in [2.05, 4.69) is 15.6 Å².